The first kappa shape index (κ1) is 11.9. The highest BCUT2D eigenvalue weighted by Gasteiger charge is 2.05. The Kier molecular flexibility index (Phi) is 3.53. The van der Waals surface area contributed by atoms with Gasteiger partial charge in [-0.3, -0.25) is 0 Å². The summed E-state index contributed by atoms with van der Waals surface area (Å²) in [6, 6.07) is 6.26. The van der Waals surface area contributed by atoms with Crippen LogP contribution >= 0.6 is 38.5 Å². The molecular weight excluding hydrogens is 381 g/mol. The van der Waals surface area contributed by atoms with E-state index in [0.29, 0.717) is 6.54 Å². The van der Waals surface area contributed by atoms with Gasteiger partial charge in [-0.05, 0) is 46.7 Å². The van der Waals surface area contributed by atoms with Gasteiger partial charge in [0.15, 0.2) is 0 Å². The second-order valence-corrected chi connectivity index (χ2v) is 5.64. The minimum Gasteiger partial charge on any atom is -0.383 e. The number of hydrogen-bond acceptors (Lipinski definition) is 2. The summed E-state index contributed by atoms with van der Waals surface area (Å²) in [7, 11) is 0. The zero-order valence-corrected chi connectivity index (χ0v) is 12.5. The van der Waals surface area contributed by atoms with Crippen LogP contribution in [0.25, 0.3) is 0 Å². The lowest BCUT2D eigenvalue weighted by Crippen LogP contribution is -2.06. The molecule has 0 unspecified atom stereocenters. The summed E-state index contributed by atoms with van der Waals surface area (Å²) in [5.41, 5.74) is 8.32. The maximum atomic E-state index is 5.90. The molecule has 0 atom stereocenters. The van der Waals surface area contributed by atoms with E-state index in [1.807, 2.05) is 4.68 Å². The monoisotopic (exact) mass is 391 g/mol. The fourth-order valence-electron chi connectivity index (χ4n) is 1.48. The van der Waals surface area contributed by atoms with Crippen LogP contribution < -0.4 is 5.73 Å². The number of nitrogens with zero attached hydrogens (tertiary/aromatic N) is 2. The molecule has 0 spiro atoms. The summed E-state index contributed by atoms with van der Waals surface area (Å²) in [6.45, 7) is 2.78. The topological polar surface area (TPSA) is 43.8 Å². The lowest BCUT2D eigenvalue weighted by atomic mass is 10.1. The summed E-state index contributed by atoms with van der Waals surface area (Å²) >= 11 is 5.67. The molecule has 3 nitrogen and oxygen atoms in total. The number of anilines is 1. The lowest BCUT2D eigenvalue weighted by molar-refractivity contribution is 0.696. The highest BCUT2D eigenvalue weighted by Crippen LogP contribution is 2.19. The van der Waals surface area contributed by atoms with Gasteiger partial charge in [-0.2, -0.15) is 5.10 Å². The Balaban J connectivity index is 2.27. The molecule has 1 aromatic heterocycles. The summed E-state index contributed by atoms with van der Waals surface area (Å²) in [5.74, 6) is 0.723. The van der Waals surface area contributed by atoms with E-state index < -0.39 is 0 Å². The molecule has 0 saturated carbocycles. The van der Waals surface area contributed by atoms with E-state index in [0.717, 1.165) is 13.9 Å². The summed E-state index contributed by atoms with van der Waals surface area (Å²) < 4.78 is 3.93. The lowest BCUT2D eigenvalue weighted by Gasteiger charge is -2.06. The molecule has 1 heterocycles. The number of hydrogen-bond donors (Lipinski definition) is 1. The molecule has 84 valence electrons. The zero-order chi connectivity index (χ0) is 11.7. The standard InChI is InChI=1S/C11H11BrIN3/c1-7-4-8(2-3-9(7)12)6-16-11(14)10(13)5-15-16/h2-5H,6,14H2,1H3. The van der Waals surface area contributed by atoms with E-state index in [1.54, 1.807) is 6.20 Å². The van der Waals surface area contributed by atoms with Gasteiger partial charge in [-0.1, -0.05) is 28.1 Å². The fraction of sp³-hybridized carbons (Fsp3) is 0.182. The quantitative estimate of drug-likeness (QED) is 0.799. The summed E-state index contributed by atoms with van der Waals surface area (Å²) in [6.07, 6.45) is 1.78. The number of halogens is 2. The maximum Gasteiger partial charge on any atom is 0.135 e. The van der Waals surface area contributed by atoms with Crippen LogP contribution in [-0.2, 0) is 6.54 Å². The van der Waals surface area contributed by atoms with Crippen LogP contribution in [0.3, 0.4) is 0 Å². The summed E-state index contributed by atoms with van der Waals surface area (Å²) in [4.78, 5) is 0. The molecule has 0 aliphatic heterocycles. The number of benzene rings is 1. The molecular formula is C11H11BrIN3. The molecule has 2 aromatic rings. The Morgan fingerprint density at radius 2 is 2.25 bits per heavy atom. The fourth-order valence-corrected chi connectivity index (χ4v) is 2.13. The van der Waals surface area contributed by atoms with Crippen molar-refractivity contribution in [1.29, 1.82) is 0 Å². The second kappa shape index (κ2) is 4.75. The third-order valence-corrected chi connectivity index (χ3v) is 4.11. The molecule has 5 heteroatoms. The van der Waals surface area contributed by atoms with Crippen molar-refractivity contribution in [1.82, 2.24) is 9.78 Å². The molecule has 0 radical (unpaired) electrons. The molecule has 0 bridgehead atoms. The van der Waals surface area contributed by atoms with E-state index in [1.165, 1.54) is 11.1 Å². The molecule has 0 amide bonds. The number of nitrogens with two attached hydrogens (primary N) is 1. The predicted octanol–water partition coefficient (Wildman–Crippen LogP) is 3.19. The molecule has 0 aliphatic carbocycles. The van der Waals surface area contributed by atoms with Crippen molar-refractivity contribution in [3.8, 4) is 0 Å². The normalized spacial score (nSPS) is 10.7. The second-order valence-electron chi connectivity index (χ2n) is 3.62. The van der Waals surface area contributed by atoms with Gasteiger partial charge in [-0.25, -0.2) is 4.68 Å². The average Bonchev–Trinajstić information content (AvgIpc) is 2.55. The van der Waals surface area contributed by atoms with Crippen LogP contribution in [-0.4, -0.2) is 9.78 Å². The molecule has 16 heavy (non-hydrogen) atoms. The minimum absolute atomic E-state index is 0.711. The van der Waals surface area contributed by atoms with Crippen molar-refractivity contribution in [2.45, 2.75) is 13.5 Å². The Morgan fingerprint density at radius 1 is 1.50 bits per heavy atom. The van der Waals surface area contributed by atoms with Gasteiger partial charge in [0.25, 0.3) is 0 Å². The largest absolute Gasteiger partial charge is 0.383 e. The van der Waals surface area contributed by atoms with Crippen LogP contribution in [0.2, 0.25) is 0 Å². The molecule has 2 N–H and O–H groups in total. The van der Waals surface area contributed by atoms with Gasteiger partial charge in [0, 0.05) is 4.47 Å². The van der Waals surface area contributed by atoms with Gasteiger partial charge in [0.2, 0.25) is 0 Å². The average molecular weight is 392 g/mol. The van der Waals surface area contributed by atoms with Gasteiger partial charge in [-0.15, -0.1) is 0 Å². The maximum absolute atomic E-state index is 5.90. The highest BCUT2D eigenvalue weighted by molar-refractivity contribution is 14.1. The third kappa shape index (κ3) is 2.40. The SMILES string of the molecule is Cc1cc(Cn2ncc(I)c2N)ccc1Br. The molecule has 0 saturated heterocycles. The van der Waals surface area contributed by atoms with E-state index in [9.17, 15) is 0 Å². The van der Waals surface area contributed by atoms with Crippen molar-refractivity contribution < 1.29 is 0 Å². The van der Waals surface area contributed by atoms with Gasteiger partial charge in [0.05, 0.1) is 16.3 Å². The first-order valence-electron chi connectivity index (χ1n) is 4.79. The van der Waals surface area contributed by atoms with Crippen molar-refractivity contribution in [2.75, 3.05) is 5.73 Å². The first-order chi connectivity index (χ1) is 7.58. The van der Waals surface area contributed by atoms with Gasteiger partial charge < -0.3 is 5.73 Å². The van der Waals surface area contributed by atoms with Crippen LogP contribution in [0.5, 0.6) is 0 Å². The number of aromatic nitrogens is 2. The van der Waals surface area contributed by atoms with E-state index in [-0.39, 0.29) is 0 Å². The van der Waals surface area contributed by atoms with Crippen molar-refractivity contribution in [2.24, 2.45) is 0 Å². The van der Waals surface area contributed by atoms with Crippen LogP contribution in [0, 0.1) is 10.5 Å². The predicted molar refractivity (Wildman–Crippen MR) is 77.3 cm³/mol. The smallest absolute Gasteiger partial charge is 0.135 e. The third-order valence-electron chi connectivity index (χ3n) is 2.39. The molecule has 0 fully saturated rings. The van der Waals surface area contributed by atoms with Gasteiger partial charge in [0.1, 0.15) is 5.82 Å². The van der Waals surface area contributed by atoms with E-state index in [2.05, 4.69) is 68.7 Å². The molecule has 1 aromatic carbocycles. The van der Waals surface area contributed by atoms with Crippen molar-refractivity contribution in [3.63, 3.8) is 0 Å². The Labute approximate surface area is 116 Å². The number of nitrogen functional groups attached to an aromatic ring is 1. The Hall–Kier alpha value is -0.560. The zero-order valence-electron chi connectivity index (χ0n) is 8.74. The molecule has 0 aliphatic rings. The minimum atomic E-state index is 0.711. The Morgan fingerprint density at radius 3 is 2.81 bits per heavy atom. The highest BCUT2D eigenvalue weighted by atomic mass is 127. The van der Waals surface area contributed by atoms with Crippen LogP contribution in [0.15, 0.2) is 28.9 Å². The first-order valence-corrected chi connectivity index (χ1v) is 6.67. The van der Waals surface area contributed by atoms with E-state index >= 15 is 0 Å². The molecule has 2 rings (SSSR count). The van der Waals surface area contributed by atoms with Crippen molar-refractivity contribution in [3.05, 3.63) is 43.6 Å². The summed E-state index contributed by atoms with van der Waals surface area (Å²) in [5, 5.41) is 4.24. The van der Waals surface area contributed by atoms with Crippen LogP contribution in [0.1, 0.15) is 11.1 Å². The van der Waals surface area contributed by atoms with E-state index in [4.69, 9.17) is 5.73 Å². The van der Waals surface area contributed by atoms with Crippen molar-refractivity contribution >= 4 is 44.3 Å². The Bertz CT molecular complexity index is 522. The number of rotatable bonds is 2. The van der Waals surface area contributed by atoms with Crippen LogP contribution in [0.4, 0.5) is 5.82 Å². The van der Waals surface area contributed by atoms with Gasteiger partial charge >= 0.3 is 0 Å². The number of aryl methyl sites for hydroxylation is 1.